The molecular weight excluding hydrogens is 383 g/mol. The molecule has 2 aliphatic rings. The van der Waals surface area contributed by atoms with Gasteiger partial charge in [0.25, 0.3) is 12.3 Å². The molecule has 1 aliphatic heterocycles. The van der Waals surface area contributed by atoms with Crippen molar-refractivity contribution in [2.45, 2.75) is 45.6 Å². The first kappa shape index (κ1) is 21.6. The van der Waals surface area contributed by atoms with Crippen molar-refractivity contribution >= 4 is 11.8 Å². The number of amides is 2. The Balaban J connectivity index is 1.38. The van der Waals surface area contributed by atoms with Gasteiger partial charge in [-0.25, -0.2) is 13.2 Å². The molecule has 29 heavy (non-hydrogen) atoms. The van der Waals surface area contributed by atoms with Gasteiger partial charge in [0.15, 0.2) is 0 Å². The molecule has 1 aromatic rings. The molecule has 1 aliphatic carbocycles. The molecule has 2 N–H and O–H groups in total. The summed E-state index contributed by atoms with van der Waals surface area (Å²) in [5, 5.41) is 5.71. The van der Waals surface area contributed by atoms with E-state index >= 15 is 0 Å². The van der Waals surface area contributed by atoms with E-state index in [9.17, 15) is 22.8 Å². The van der Waals surface area contributed by atoms with Crippen LogP contribution in [0, 0.1) is 17.2 Å². The maximum atomic E-state index is 13.3. The molecule has 160 valence electrons. The SMILES string of the molecule is CC(C)(C)NC(=O)CN1CC2(CC(CNC(=O)c3ccc(F)c(C(F)F)c3)C2)C1. The van der Waals surface area contributed by atoms with Gasteiger partial charge in [0.1, 0.15) is 5.82 Å². The number of hydrogen-bond acceptors (Lipinski definition) is 3. The Morgan fingerprint density at radius 2 is 1.90 bits per heavy atom. The average Bonchev–Trinajstić information content (AvgIpc) is 2.52. The maximum absolute atomic E-state index is 13.3. The van der Waals surface area contributed by atoms with Crippen molar-refractivity contribution in [3.05, 3.63) is 35.1 Å². The summed E-state index contributed by atoms with van der Waals surface area (Å²) in [4.78, 5) is 26.3. The molecule has 1 spiro atoms. The number of halogens is 3. The summed E-state index contributed by atoms with van der Waals surface area (Å²) in [7, 11) is 0. The first-order valence-electron chi connectivity index (χ1n) is 9.86. The first-order chi connectivity index (χ1) is 13.5. The molecule has 5 nitrogen and oxygen atoms in total. The number of likely N-dealkylation sites (tertiary alicyclic amines) is 1. The second kappa shape index (κ2) is 7.97. The zero-order valence-corrected chi connectivity index (χ0v) is 17.0. The normalized spacial score (nSPS) is 19.0. The van der Waals surface area contributed by atoms with Gasteiger partial charge in [-0.2, -0.15) is 0 Å². The molecule has 1 aromatic carbocycles. The van der Waals surface area contributed by atoms with Crippen LogP contribution in [0.5, 0.6) is 0 Å². The van der Waals surface area contributed by atoms with E-state index < -0.39 is 23.7 Å². The molecule has 0 bridgehead atoms. The van der Waals surface area contributed by atoms with E-state index in [0.29, 0.717) is 19.0 Å². The number of nitrogens with zero attached hydrogens (tertiary/aromatic N) is 1. The van der Waals surface area contributed by atoms with E-state index in [1.54, 1.807) is 0 Å². The van der Waals surface area contributed by atoms with Crippen LogP contribution in [0.3, 0.4) is 0 Å². The molecule has 3 rings (SSSR count). The van der Waals surface area contributed by atoms with Gasteiger partial charge in [-0.1, -0.05) is 0 Å². The fourth-order valence-electron chi connectivity index (χ4n) is 4.43. The highest BCUT2D eigenvalue weighted by Gasteiger charge is 2.52. The summed E-state index contributed by atoms with van der Waals surface area (Å²) in [6, 6.07) is 3.02. The minimum absolute atomic E-state index is 0.0259. The summed E-state index contributed by atoms with van der Waals surface area (Å²) < 4.78 is 38.9. The third-order valence-electron chi connectivity index (χ3n) is 5.49. The van der Waals surface area contributed by atoms with Gasteiger partial charge in [-0.05, 0) is 63.1 Å². The predicted molar refractivity (Wildman–Crippen MR) is 103 cm³/mol. The molecule has 2 amide bonds. The molecule has 0 aromatic heterocycles. The van der Waals surface area contributed by atoms with Gasteiger partial charge in [-0.15, -0.1) is 0 Å². The van der Waals surface area contributed by atoms with Crippen LogP contribution in [0.15, 0.2) is 18.2 Å². The Morgan fingerprint density at radius 1 is 1.24 bits per heavy atom. The Hall–Kier alpha value is -2.09. The monoisotopic (exact) mass is 411 g/mol. The van der Waals surface area contributed by atoms with Crippen molar-refractivity contribution in [1.29, 1.82) is 0 Å². The molecule has 0 unspecified atom stereocenters. The molecule has 0 radical (unpaired) electrons. The molecule has 2 fully saturated rings. The highest BCUT2D eigenvalue weighted by molar-refractivity contribution is 5.94. The Labute approximate surface area is 169 Å². The van der Waals surface area contributed by atoms with Crippen molar-refractivity contribution < 1.29 is 22.8 Å². The number of rotatable bonds is 6. The average molecular weight is 411 g/mol. The van der Waals surface area contributed by atoms with Crippen molar-refractivity contribution in [3.8, 4) is 0 Å². The van der Waals surface area contributed by atoms with Crippen LogP contribution >= 0.6 is 0 Å². The van der Waals surface area contributed by atoms with Crippen LogP contribution < -0.4 is 10.6 Å². The van der Waals surface area contributed by atoms with Gasteiger partial charge in [0, 0.05) is 30.7 Å². The van der Waals surface area contributed by atoms with Crippen molar-refractivity contribution in [1.82, 2.24) is 15.5 Å². The molecule has 1 saturated carbocycles. The fourth-order valence-corrected chi connectivity index (χ4v) is 4.43. The molecule has 1 heterocycles. The van der Waals surface area contributed by atoms with Crippen molar-refractivity contribution in [2.24, 2.45) is 11.3 Å². The predicted octanol–water partition coefficient (Wildman–Crippen LogP) is 3.12. The highest BCUT2D eigenvalue weighted by Crippen LogP contribution is 2.51. The zero-order valence-electron chi connectivity index (χ0n) is 17.0. The number of nitrogens with one attached hydrogen (secondary N) is 2. The maximum Gasteiger partial charge on any atom is 0.266 e. The van der Waals surface area contributed by atoms with Crippen LogP contribution in [-0.4, -0.2) is 48.4 Å². The van der Waals surface area contributed by atoms with Crippen molar-refractivity contribution in [3.63, 3.8) is 0 Å². The fraction of sp³-hybridized carbons (Fsp3) is 0.619. The second-order valence-corrected chi connectivity index (χ2v) is 9.46. The summed E-state index contributed by atoms with van der Waals surface area (Å²) in [5.41, 5.74) is -0.725. The van der Waals surface area contributed by atoms with Crippen molar-refractivity contribution in [2.75, 3.05) is 26.2 Å². The standard InChI is InChI=1S/C21H28F3N3O2/c1-20(2,3)26-17(28)10-27-11-21(12-27)7-13(8-21)9-25-19(29)14-4-5-16(22)15(6-14)18(23)24/h4-6,13,18H,7-12H2,1-3H3,(H,25,29)(H,26,28). The summed E-state index contributed by atoms with van der Waals surface area (Å²) >= 11 is 0. The Bertz CT molecular complexity index is 778. The zero-order chi connectivity index (χ0) is 21.4. The lowest BCUT2D eigenvalue weighted by Crippen LogP contribution is -2.64. The van der Waals surface area contributed by atoms with Crippen LogP contribution in [0.25, 0.3) is 0 Å². The number of carbonyl (C=O) groups is 2. The van der Waals surface area contributed by atoms with Crippen LogP contribution in [0.1, 0.15) is 56.0 Å². The summed E-state index contributed by atoms with van der Waals surface area (Å²) in [6.45, 7) is 8.48. The van der Waals surface area contributed by atoms with E-state index in [2.05, 4.69) is 15.5 Å². The minimum atomic E-state index is -2.96. The van der Waals surface area contributed by atoms with Gasteiger partial charge < -0.3 is 10.6 Å². The quantitative estimate of drug-likeness (QED) is 0.756. The van der Waals surface area contributed by atoms with Gasteiger partial charge in [0.05, 0.1) is 12.1 Å². The lowest BCUT2D eigenvalue weighted by atomic mass is 9.57. The van der Waals surface area contributed by atoms with E-state index in [-0.39, 0.29) is 22.4 Å². The van der Waals surface area contributed by atoms with Crippen LogP contribution in [-0.2, 0) is 4.79 Å². The van der Waals surface area contributed by atoms with Gasteiger partial charge in [-0.3, -0.25) is 14.5 Å². The number of hydrogen-bond donors (Lipinski definition) is 2. The first-order valence-corrected chi connectivity index (χ1v) is 9.86. The van der Waals surface area contributed by atoms with E-state index in [1.807, 2.05) is 20.8 Å². The van der Waals surface area contributed by atoms with Gasteiger partial charge >= 0.3 is 0 Å². The molecule has 8 heteroatoms. The van der Waals surface area contributed by atoms with E-state index in [0.717, 1.165) is 38.1 Å². The third kappa shape index (κ3) is 5.29. The number of alkyl halides is 2. The third-order valence-corrected chi connectivity index (χ3v) is 5.49. The molecular formula is C21H28F3N3O2. The summed E-state index contributed by atoms with van der Waals surface area (Å²) in [6.07, 6.45) is -1.02. The largest absolute Gasteiger partial charge is 0.352 e. The highest BCUT2D eigenvalue weighted by atomic mass is 19.3. The van der Waals surface area contributed by atoms with Crippen LogP contribution in [0.2, 0.25) is 0 Å². The lowest BCUT2D eigenvalue weighted by molar-refractivity contribution is -0.133. The smallest absolute Gasteiger partial charge is 0.266 e. The number of carbonyl (C=O) groups excluding carboxylic acids is 2. The van der Waals surface area contributed by atoms with Gasteiger partial charge in [0.2, 0.25) is 5.91 Å². The van der Waals surface area contributed by atoms with E-state index in [4.69, 9.17) is 0 Å². The minimum Gasteiger partial charge on any atom is -0.352 e. The lowest BCUT2D eigenvalue weighted by Gasteiger charge is -2.59. The molecule has 0 atom stereocenters. The Morgan fingerprint density at radius 3 is 2.48 bits per heavy atom. The molecule has 1 saturated heterocycles. The second-order valence-electron chi connectivity index (χ2n) is 9.46. The Kier molecular flexibility index (Phi) is 5.94. The topological polar surface area (TPSA) is 61.4 Å². The summed E-state index contributed by atoms with van der Waals surface area (Å²) in [5.74, 6) is -1.12. The van der Waals surface area contributed by atoms with E-state index in [1.165, 1.54) is 6.07 Å². The van der Waals surface area contributed by atoms with Crippen LogP contribution in [0.4, 0.5) is 13.2 Å². The number of benzene rings is 1.